The number of H-pyrrole nitrogens is 1. The predicted molar refractivity (Wildman–Crippen MR) is 156 cm³/mol. The van der Waals surface area contributed by atoms with Crippen LogP contribution >= 0.6 is 0 Å². The molecule has 2 aliphatic rings. The first-order chi connectivity index (χ1) is 20.8. The summed E-state index contributed by atoms with van der Waals surface area (Å²) in [6, 6.07) is 10.7. The van der Waals surface area contributed by atoms with Crippen LogP contribution in [0.2, 0.25) is 0 Å². The van der Waals surface area contributed by atoms with Crippen LogP contribution in [0.3, 0.4) is 0 Å². The normalized spacial score (nSPS) is 15.6. The zero-order valence-electron chi connectivity index (χ0n) is 23.9. The number of nitrogens with one attached hydrogen (secondary N) is 2. The molecule has 2 aromatic carbocycles. The van der Waals surface area contributed by atoms with Crippen molar-refractivity contribution in [2.75, 3.05) is 27.3 Å². The van der Waals surface area contributed by atoms with Gasteiger partial charge in [0.05, 0.1) is 32.5 Å². The van der Waals surface area contributed by atoms with Crippen LogP contribution < -0.4 is 10.1 Å². The molecule has 0 bridgehead atoms. The molecule has 1 aliphatic heterocycles. The standard InChI is InChI=1S/C31H31FN6O5/c1-42-25-8-4-3-7-20(25)22-16-21(19-6-5-13-37(18-19)26(39)9-14-38-15-12-33-36-38)27(32)28-23(22)17-24(34-28)29(40)35-31(10-11-31)30(41)43-2/h3-4,6-8,12,15-17,34H,5,9-11,13-14,18H2,1-2H3,(H,35,40). The number of hydrogen-bond donors (Lipinski definition) is 2. The van der Waals surface area contributed by atoms with Gasteiger partial charge in [-0.1, -0.05) is 29.5 Å². The molecule has 0 atom stereocenters. The number of aromatic amines is 1. The molecule has 222 valence electrons. The Morgan fingerprint density at radius 3 is 2.65 bits per heavy atom. The van der Waals surface area contributed by atoms with E-state index in [1.54, 1.807) is 41.2 Å². The minimum absolute atomic E-state index is 0.0639. The molecule has 6 rings (SSSR count). The molecular weight excluding hydrogens is 555 g/mol. The van der Waals surface area contributed by atoms with Crippen LogP contribution in [0.25, 0.3) is 27.6 Å². The fourth-order valence-corrected chi connectivity index (χ4v) is 5.56. The molecule has 0 radical (unpaired) electrons. The number of nitrogens with zero attached hydrogens (tertiary/aromatic N) is 4. The number of fused-ring (bicyclic) bond motifs is 1. The zero-order valence-corrected chi connectivity index (χ0v) is 23.9. The molecule has 2 aromatic heterocycles. The van der Waals surface area contributed by atoms with Crippen molar-refractivity contribution in [3.63, 3.8) is 0 Å². The third-order valence-corrected chi connectivity index (χ3v) is 8.05. The van der Waals surface area contributed by atoms with Crippen LogP contribution in [-0.2, 0) is 20.9 Å². The van der Waals surface area contributed by atoms with Crippen molar-refractivity contribution < 1.29 is 28.2 Å². The minimum Gasteiger partial charge on any atom is -0.496 e. The highest BCUT2D eigenvalue weighted by atomic mass is 19.1. The molecule has 0 spiro atoms. The fourth-order valence-electron chi connectivity index (χ4n) is 5.56. The summed E-state index contributed by atoms with van der Waals surface area (Å²) in [5, 5.41) is 10.9. The number of rotatable bonds is 9. The molecule has 1 fully saturated rings. The molecule has 11 nitrogen and oxygen atoms in total. The molecule has 1 saturated carbocycles. The quantitative estimate of drug-likeness (QED) is 0.286. The number of methoxy groups -OCH3 is 2. The summed E-state index contributed by atoms with van der Waals surface area (Å²) in [7, 11) is 2.84. The topological polar surface area (TPSA) is 131 Å². The van der Waals surface area contributed by atoms with Gasteiger partial charge in [0.2, 0.25) is 5.91 Å². The van der Waals surface area contributed by atoms with E-state index in [-0.39, 0.29) is 30.1 Å². The lowest BCUT2D eigenvalue weighted by molar-refractivity contribution is -0.144. The Balaban J connectivity index is 1.37. The number of halogens is 1. The SMILES string of the molecule is COC(=O)C1(NC(=O)c2cc3c(-c4ccccc4OC)cc(C4=CCCN(C(=O)CCn5ccnn5)C4)c(F)c3[nH]2)CC1. The number of carbonyl (C=O) groups is 3. The lowest BCUT2D eigenvalue weighted by Gasteiger charge is -2.28. The molecule has 0 unspecified atom stereocenters. The summed E-state index contributed by atoms with van der Waals surface area (Å²) >= 11 is 0. The molecule has 3 heterocycles. The number of aromatic nitrogens is 4. The highest BCUT2D eigenvalue weighted by Crippen LogP contribution is 2.41. The van der Waals surface area contributed by atoms with Crippen LogP contribution in [0.1, 0.15) is 41.7 Å². The molecule has 0 saturated heterocycles. The van der Waals surface area contributed by atoms with Gasteiger partial charge in [0, 0.05) is 42.2 Å². The number of hydrogen-bond acceptors (Lipinski definition) is 7. The van der Waals surface area contributed by atoms with E-state index in [1.807, 2.05) is 30.3 Å². The van der Waals surface area contributed by atoms with E-state index < -0.39 is 23.2 Å². The number of para-hydroxylation sites is 1. The zero-order chi connectivity index (χ0) is 30.1. The summed E-state index contributed by atoms with van der Waals surface area (Å²) in [4.78, 5) is 43.2. The van der Waals surface area contributed by atoms with Crippen LogP contribution in [0.15, 0.2) is 54.9 Å². The minimum atomic E-state index is -1.06. The van der Waals surface area contributed by atoms with Crippen LogP contribution in [0.4, 0.5) is 4.39 Å². The van der Waals surface area contributed by atoms with Crippen molar-refractivity contribution in [3.05, 3.63) is 71.9 Å². The first-order valence-corrected chi connectivity index (χ1v) is 14.0. The largest absolute Gasteiger partial charge is 0.496 e. The maximum Gasteiger partial charge on any atom is 0.331 e. The van der Waals surface area contributed by atoms with Crippen molar-refractivity contribution >= 4 is 34.3 Å². The average molecular weight is 587 g/mol. The van der Waals surface area contributed by atoms with Crippen molar-refractivity contribution in [1.82, 2.24) is 30.2 Å². The third kappa shape index (κ3) is 5.36. The Hall–Kier alpha value is -5.00. The molecule has 43 heavy (non-hydrogen) atoms. The number of benzene rings is 2. The molecule has 4 aromatic rings. The van der Waals surface area contributed by atoms with Crippen molar-refractivity contribution in [1.29, 1.82) is 0 Å². The Morgan fingerprint density at radius 1 is 1.12 bits per heavy atom. The maximum absolute atomic E-state index is 16.4. The second-order valence-electron chi connectivity index (χ2n) is 10.7. The van der Waals surface area contributed by atoms with E-state index in [9.17, 15) is 14.4 Å². The van der Waals surface area contributed by atoms with Gasteiger partial charge in [0.25, 0.3) is 5.91 Å². The van der Waals surface area contributed by atoms with E-state index in [1.165, 1.54) is 7.11 Å². The highest BCUT2D eigenvalue weighted by molar-refractivity contribution is 6.06. The molecule has 1 aliphatic carbocycles. The van der Waals surface area contributed by atoms with E-state index in [0.717, 1.165) is 0 Å². The highest BCUT2D eigenvalue weighted by Gasteiger charge is 2.52. The molecule has 2 N–H and O–H groups in total. The summed E-state index contributed by atoms with van der Waals surface area (Å²) in [6.07, 6.45) is 6.96. The summed E-state index contributed by atoms with van der Waals surface area (Å²) in [6.45, 7) is 1.16. The fraction of sp³-hybridized carbons (Fsp3) is 0.323. The Kier molecular flexibility index (Phi) is 7.43. The van der Waals surface area contributed by atoms with Gasteiger partial charge in [0.15, 0.2) is 5.82 Å². The smallest absolute Gasteiger partial charge is 0.331 e. The van der Waals surface area contributed by atoms with Crippen molar-refractivity contribution in [3.8, 4) is 16.9 Å². The molecule has 12 heteroatoms. The van der Waals surface area contributed by atoms with Gasteiger partial charge in [0.1, 0.15) is 17.0 Å². The Bertz CT molecular complexity index is 1740. The predicted octanol–water partition coefficient (Wildman–Crippen LogP) is 3.72. The first kappa shape index (κ1) is 28.1. The van der Waals surface area contributed by atoms with E-state index in [0.29, 0.717) is 65.8 Å². The van der Waals surface area contributed by atoms with Gasteiger partial charge in [-0.2, -0.15) is 0 Å². The third-order valence-electron chi connectivity index (χ3n) is 8.05. The van der Waals surface area contributed by atoms with E-state index >= 15 is 4.39 Å². The second-order valence-corrected chi connectivity index (χ2v) is 10.7. The van der Waals surface area contributed by atoms with Crippen LogP contribution in [0.5, 0.6) is 5.75 Å². The number of ether oxygens (including phenoxy) is 2. The van der Waals surface area contributed by atoms with Gasteiger partial charge >= 0.3 is 5.97 Å². The summed E-state index contributed by atoms with van der Waals surface area (Å²) in [5.74, 6) is -1.06. The maximum atomic E-state index is 16.4. The number of carbonyl (C=O) groups excluding carboxylic acids is 3. The van der Waals surface area contributed by atoms with E-state index in [2.05, 4.69) is 20.6 Å². The monoisotopic (exact) mass is 586 g/mol. The van der Waals surface area contributed by atoms with Gasteiger partial charge in [-0.05, 0) is 48.6 Å². The average Bonchev–Trinajstić information content (AvgIpc) is 3.41. The lowest BCUT2D eigenvalue weighted by Crippen LogP contribution is -2.43. The van der Waals surface area contributed by atoms with Crippen molar-refractivity contribution in [2.45, 2.75) is 37.8 Å². The number of aryl methyl sites for hydroxylation is 1. The Labute approximate surface area is 246 Å². The second kappa shape index (κ2) is 11.3. The molecule has 2 amide bonds. The van der Waals surface area contributed by atoms with Gasteiger partial charge in [-0.3, -0.25) is 14.3 Å². The lowest BCUT2D eigenvalue weighted by atomic mass is 9.93. The van der Waals surface area contributed by atoms with E-state index in [4.69, 9.17) is 9.47 Å². The number of amides is 2. The van der Waals surface area contributed by atoms with Crippen molar-refractivity contribution in [2.24, 2.45) is 0 Å². The number of esters is 1. The summed E-state index contributed by atoms with van der Waals surface area (Å²) < 4.78 is 28.5. The first-order valence-electron chi connectivity index (χ1n) is 14.0. The van der Waals surface area contributed by atoms with Gasteiger partial charge in [-0.15, -0.1) is 5.10 Å². The van der Waals surface area contributed by atoms with Crippen LogP contribution in [0, 0.1) is 5.82 Å². The van der Waals surface area contributed by atoms with Gasteiger partial charge < -0.3 is 24.7 Å². The van der Waals surface area contributed by atoms with Crippen LogP contribution in [-0.4, -0.2) is 75.5 Å². The Morgan fingerprint density at radius 2 is 1.93 bits per heavy atom. The molecular formula is C31H31FN6O5. The van der Waals surface area contributed by atoms with Gasteiger partial charge in [-0.25, -0.2) is 9.18 Å². The summed E-state index contributed by atoms with van der Waals surface area (Å²) in [5.41, 5.74) is 1.55.